The maximum atomic E-state index is 13.0. The van der Waals surface area contributed by atoms with Crippen molar-refractivity contribution in [2.75, 3.05) is 5.32 Å². The van der Waals surface area contributed by atoms with E-state index in [9.17, 15) is 9.50 Å². The molecule has 0 saturated carbocycles. The first-order valence-corrected chi connectivity index (χ1v) is 5.99. The van der Waals surface area contributed by atoms with Crippen molar-refractivity contribution in [2.24, 2.45) is 0 Å². The highest BCUT2D eigenvalue weighted by Crippen LogP contribution is 2.32. The number of para-hydroxylation sites is 1. The number of hydrogen-bond donors (Lipinski definition) is 2. The Morgan fingerprint density at radius 3 is 2.33 bits per heavy atom. The first-order chi connectivity index (χ1) is 8.58. The number of halogens is 3. The van der Waals surface area contributed by atoms with Crippen LogP contribution in [0.5, 0.6) is 5.75 Å². The van der Waals surface area contributed by atoms with E-state index in [-0.39, 0.29) is 15.8 Å². The highest BCUT2D eigenvalue weighted by molar-refractivity contribution is 6.39. The molecular weight excluding hydrogens is 276 g/mol. The van der Waals surface area contributed by atoms with Crippen molar-refractivity contribution in [3.8, 4) is 5.75 Å². The summed E-state index contributed by atoms with van der Waals surface area (Å²) in [5.74, 6) is -0.308. The molecule has 5 heteroatoms. The summed E-state index contributed by atoms with van der Waals surface area (Å²) in [6.07, 6.45) is 0. The molecule has 0 aromatic heterocycles. The minimum atomic E-state index is -0.488. The van der Waals surface area contributed by atoms with E-state index in [2.05, 4.69) is 5.32 Å². The van der Waals surface area contributed by atoms with E-state index in [0.717, 1.165) is 0 Å². The van der Waals surface area contributed by atoms with E-state index in [1.165, 1.54) is 12.1 Å². The van der Waals surface area contributed by atoms with Gasteiger partial charge in [-0.05, 0) is 18.2 Å². The van der Waals surface area contributed by atoms with Crippen LogP contribution in [-0.4, -0.2) is 5.11 Å². The summed E-state index contributed by atoms with van der Waals surface area (Å²) in [5.41, 5.74) is 1.15. The third-order valence-corrected chi connectivity index (χ3v) is 3.05. The first-order valence-electron chi connectivity index (χ1n) is 5.23. The van der Waals surface area contributed by atoms with Gasteiger partial charge in [0.15, 0.2) is 0 Å². The molecule has 0 radical (unpaired) electrons. The fraction of sp³-hybridized carbons (Fsp3) is 0.0769. The van der Waals surface area contributed by atoms with Crippen LogP contribution in [-0.2, 0) is 6.54 Å². The Morgan fingerprint density at radius 1 is 1.11 bits per heavy atom. The standard InChI is InChI=1S/C13H10Cl2FNO/c14-10-5-9(16)6-11(15)13(10)17-7-8-3-1-2-4-12(8)18/h1-6,17-18H,7H2. The van der Waals surface area contributed by atoms with Crippen molar-refractivity contribution >= 4 is 28.9 Å². The Bertz CT molecular complexity index is 552. The second-order valence-electron chi connectivity index (χ2n) is 3.73. The molecule has 94 valence electrons. The molecule has 0 unspecified atom stereocenters. The molecule has 0 amide bonds. The molecule has 2 aromatic carbocycles. The van der Waals surface area contributed by atoms with Gasteiger partial charge in [-0.25, -0.2) is 4.39 Å². The topological polar surface area (TPSA) is 32.3 Å². The van der Waals surface area contributed by atoms with Gasteiger partial charge in [0, 0.05) is 12.1 Å². The molecule has 0 spiro atoms. The Balaban J connectivity index is 2.19. The fourth-order valence-corrected chi connectivity index (χ4v) is 2.15. The van der Waals surface area contributed by atoms with Crippen molar-refractivity contribution in [3.63, 3.8) is 0 Å². The number of nitrogens with one attached hydrogen (secondary N) is 1. The second kappa shape index (κ2) is 5.46. The molecule has 0 bridgehead atoms. The zero-order valence-electron chi connectivity index (χ0n) is 9.25. The van der Waals surface area contributed by atoms with E-state index >= 15 is 0 Å². The van der Waals surface area contributed by atoms with Crippen molar-refractivity contribution in [1.82, 2.24) is 0 Å². The van der Waals surface area contributed by atoms with Gasteiger partial charge in [-0.1, -0.05) is 41.4 Å². The zero-order chi connectivity index (χ0) is 13.1. The fourth-order valence-electron chi connectivity index (χ4n) is 1.56. The number of rotatable bonds is 3. The molecule has 2 N–H and O–H groups in total. The number of phenolic OH excluding ortho intramolecular Hbond substituents is 1. The number of aromatic hydroxyl groups is 1. The van der Waals surface area contributed by atoms with Gasteiger partial charge in [-0.15, -0.1) is 0 Å². The molecule has 0 aliphatic heterocycles. The summed E-state index contributed by atoms with van der Waals surface area (Å²) in [6.45, 7) is 0.345. The Morgan fingerprint density at radius 2 is 1.72 bits per heavy atom. The van der Waals surface area contributed by atoms with Gasteiger partial charge in [0.2, 0.25) is 0 Å². The van der Waals surface area contributed by atoms with Crippen molar-refractivity contribution in [1.29, 1.82) is 0 Å². The highest BCUT2D eigenvalue weighted by atomic mass is 35.5. The number of anilines is 1. The SMILES string of the molecule is Oc1ccccc1CNc1c(Cl)cc(F)cc1Cl. The van der Waals surface area contributed by atoms with E-state index < -0.39 is 5.82 Å². The van der Waals surface area contributed by atoms with Crippen LogP contribution < -0.4 is 5.32 Å². The lowest BCUT2D eigenvalue weighted by atomic mass is 10.2. The van der Waals surface area contributed by atoms with Crippen LogP contribution in [0.1, 0.15) is 5.56 Å². The van der Waals surface area contributed by atoms with E-state index in [0.29, 0.717) is 17.8 Å². The lowest BCUT2D eigenvalue weighted by Crippen LogP contribution is -2.01. The lowest BCUT2D eigenvalue weighted by molar-refractivity contribution is 0.469. The van der Waals surface area contributed by atoms with Crippen molar-refractivity contribution in [3.05, 3.63) is 57.8 Å². The summed E-state index contributed by atoms with van der Waals surface area (Å²) in [7, 11) is 0. The summed E-state index contributed by atoms with van der Waals surface area (Å²) in [4.78, 5) is 0. The smallest absolute Gasteiger partial charge is 0.126 e. The predicted molar refractivity (Wildman–Crippen MR) is 71.9 cm³/mol. The van der Waals surface area contributed by atoms with Gasteiger partial charge in [0.1, 0.15) is 11.6 Å². The molecule has 0 aliphatic rings. The monoisotopic (exact) mass is 285 g/mol. The molecule has 0 fully saturated rings. The normalized spacial score (nSPS) is 10.4. The van der Waals surface area contributed by atoms with Crippen molar-refractivity contribution < 1.29 is 9.50 Å². The molecule has 0 aliphatic carbocycles. The molecule has 0 saturated heterocycles. The largest absolute Gasteiger partial charge is 0.508 e. The minimum Gasteiger partial charge on any atom is -0.508 e. The van der Waals surface area contributed by atoms with Gasteiger partial charge in [0.25, 0.3) is 0 Å². The number of hydrogen-bond acceptors (Lipinski definition) is 2. The summed E-state index contributed by atoms with van der Waals surface area (Å²) in [5, 5.41) is 13.0. The van der Waals surface area contributed by atoms with Crippen LogP contribution in [0.2, 0.25) is 10.0 Å². The summed E-state index contributed by atoms with van der Waals surface area (Å²) < 4.78 is 13.0. The molecule has 0 heterocycles. The van der Waals surface area contributed by atoms with Crippen LogP contribution >= 0.6 is 23.2 Å². The van der Waals surface area contributed by atoms with Crippen LogP contribution in [0.25, 0.3) is 0 Å². The molecule has 2 nitrogen and oxygen atoms in total. The molecule has 18 heavy (non-hydrogen) atoms. The highest BCUT2D eigenvalue weighted by Gasteiger charge is 2.09. The molecule has 2 rings (SSSR count). The molecule has 0 atom stereocenters. The third-order valence-electron chi connectivity index (χ3n) is 2.45. The van der Waals surface area contributed by atoms with Crippen LogP contribution in [0.4, 0.5) is 10.1 Å². The maximum Gasteiger partial charge on any atom is 0.126 e. The van der Waals surface area contributed by atoms with Crippen molar-refractivity contribution in [2.45, 2.75) is 6.54 Å². The van der Waals surface area contributed by atoms with E-state index in [1.807, 2.05) is 6.07 Å². The minimum absolute atomic E-state index is 0.180. The Labute approximate surface area is 114 Å². The van der Waals surface area contributed by atoms with Gasteiger partial charge < -0.3 is 10.4 Å². The maximum absolute atomic E-state index is 13.0. The third kappa shape index (κ3) is 2.86. The van der Waals surface area contributed by atoms with Crippen LogP contribution in [0.3, 0.4) is 0 Å². The second-order valence-corrected chi connectivity index (χ2v) is 4.54. The van der Waals surface area contributed by atoms with E-state index in [1.54, 1.807) is 18.2 Å². The van der Waals surface area contributed by atoms with Crippen LogP contribution in [0.15, 0.2) is 36.4 Å². The van der Waals surface area contributed by atoms with Crippen LogP contribution in [0, 0.1) is 5.82 Å². The average molecular weight is 286 g/mol. The van der Waals surface area contributed by atoms with E-state index in [4.69, 9.17) is 23.2 Å². The molecular formula is C13H10Cl2FNO. The zero-order valence-corrected chi connectivity index (χ0v) is 10.8. The van der Waals surface area contributed by atoms with Gasteiger partial charge in [-0.3, -0.25) is 0 Å². The quantitative estimate of drug-likeness (QED) is 0.873. The molecule has 2 aromatic rings. The Hall–Kier alpha value is -1.45. The number of phenols is 1. The predicted octanol–water partition coefficient (Wildman–Crippen LogP) is 4.45. The Kier molecular flexibility index (Phi) is 3.94. The number of benzene rings is 2. The van der Waals surface area contributed by atoms with Gasteiger partial charge >= 0.3 is 0 Å². The summed E-state index contributed by atoms with van der Waals surface area (Å²) >= 11 is 11.8. The average Bonchev–Trinajstić information content (AvgIpc) is 2.30. The first kappa shape index (κ1) is 13.0. The van der Waals surface area contributed by atoms with Gasteiger partial charge in [-0.2, -0.15) is 0 Å². The van der Waals surface area contributed by atoms with Gasteiger partial charge in [0.05, 0.1) is 15.7 Å². The lowest BCUT2D eigenvalue weighted by Gasteiger charge is -2.11. The summed E-state index contributed by atoms with van der Waals surface area (Å²) in [6, 6.07) is 9.26.